The SMILES string of the molecule is CCNC(=NCC1CCCOC1C(C)(C)C)NCCCc1nc2ccccc2[nH]1. The number of imidazole rings is 1. The molecule has 1 aliphatic heterocycles. The van der Waals surface area contributed by atoms with Crippen LogP contribution >= 0.6 is 0 Å². The molecule has 2 aromatic rings. The largest absolute Gasteiger partial charge is 0.377 e. The highest BCUT2D eigenvalue weighted by Crippen LogP contribution is 2.34. The van der Waals surface area contributed by atoms with Gasteiger partial charge in [-0.05, 0) is 43.7 Å². The average Bonchev–Trinajstić information content (AvgIpc) is 3.11. The molecule has 6 nitrogen and oxygen atoms in total. The number of para-hydroxylation sites is 2. The maximum absolute atomic E-state index is 6.10. The van der Waals surface area contributed by atoms with Crippen LogP contribution in [0.2, 0.25) is 0 Å². The van der Waals surface area contributed by atoms with Crippen molar-refractivity contribution in [3.63, 3.8) is 0 Å². The van der Waals surface area contributed by atoms with Crippen LogP contribution in [0.15, 0.2) is 29.3 Å². The van der Waals surface area contributed by atoms with E-state index in [4.69, 9.17) is 9.73 Å². The Morgan fingerprint density at radius 1 is 1.28 bits per heavy atom. The van der Waals surface area contributed by atoms with Crippen molar-refractivity contribution < 1.29 is 4.74 Å². The number of hydrogen-bond donors (Lipinski definition) is 3. The lowest BCUT2D eigenvalue weighted by Gasteiger charge is -2.39. The Balaban J connectivity index is 1.49. The molecule has 2 heterocycles. The van der Waals surface area contributed by atoms with Crippen LogP contribution in [0.4, 0.5) is 0 Å². The number of fused-ring (bicyclic) bond motifs is 1. The Labute approximate surface area is 174 Å². The number of hydrogen-bond acceptors (Lipinski definition) is 3. The molecule has 29 heavy (non-hydrogen) atoms. The molecule has 1 fully saturated rings. The van der Waals surface area contributed by atoms with Gasteiger partial charge in [-0.25, -0.2) is 4.98 Å². The van der Waals surface area contributed by atoms with Gasteiger partial charge >= 0.3 is 0 Å². The summed E-state index contributed by atoms with van der Waals surface area (Å²) in [5.41, 5.74) is 2.29. The molecular formula is C23H37N5O. The average molecular weight is 400 g/mol. The van der Waals surface area contributed by atoms with Gasteiger partial charge in [0.15, 0.2) is 5.96 Å². The minimum Gasteiger partial charge on any atom is -0.377 e. The molecule has 0 bridgehead atoms. The first-order chi connectivity index (χ1) is 14.0. The van der Waals surface area contributed by atoms with Gasteiger partial charge < -0.3 is 20.4 Å². The second-order valence-electron chi connectivity index (χ2n) is 9.01. The lowest BCUT2D eigenvalue weighted by atomic mass is 9.78. The van der Waals surface area contributed by atoms with Crippen LogP contribution in [0.5, 0.6) is 0 Å². The number of aromatic nitrogens is 2. The van der Waals surface area contributed by atoms with Crippen LogP contribution in [0.1, 0.15) is 52.8 Å². The number of ether oxygens (including phenoxy) is 1. The van der Waals surface area contributed by atoms with Crippen LogP contribution < -0.4 is 10.6 Å². The van der Waals surface area contributed by atoms with E-state index in [0.717, 1.165) is 68.3 Å². The van der Waals surface area contributed by atoms with Crippen molar-refractivity contribution >= 4 is 17.0 Å². The zero-order chi connectivity index (χ0) is 20.7. The van der Waals surface area contributed by atoms with Crippen LogP contribution in [-0.4, -0.2) is 48.3 Å². The Morgan fingerprint density at radius 2 is 2.10 bits per heavy atom. The highest BCUT2D eigenvalue weighted by Gasteiger charge is 2.35. The van der Waals surface area contributed by atoms with Crippen molar-refractivity contribution in [3.8, 4) is 0 Å². The second-order valence-corrected chi connectivity index (χ2v) is 9.01. The van der Waals surface area contributed by atoms with Gasteiger partial charge in [0.05, 0.1) is 17.1 Å². The topological polar surface area (TPSA) is 74.3 Å². The third-order valence-corrected chi connectivity index (χ3v) is 5.45. The van der Waals surface area contributed by atoms with Gasteiger partial charge in [-0.15, -0.1) is 0 Å². The molecule has 6 heteroatoms. The van der Waals surface area contributed by atoms with Crippen molar-refractivity contribution in [2.45, 2.75) is 59.5 Å². The van der Waals surface area contributed by atoms with Crippen LogP contribution in [0.3, 0.4) is 0 Å². The normalized spacial score (nSPS) is 20.8. The molecule has 1 aliphatic rings. The first-order valence-corrected chi connectivity index (χ1v) is 11.0. The van der Waals surface area contributed by atoms with E-state index < -0.39 is 0 Å². The fourth-order valence-corrected chi connectivity index (χ4v) is 4.12. The molecule has 3 rings (SSSR count). The van der Waals surface area contributed by atoms with Gasteiger partial charge in [-0.3, -0.25) is 4.99 Å². The quantitative estimate of drug-likeness (QED) is 0.375. The molecule has 0 spiro atoms. The summed E-state index contributed by atoms with van der Waals surface area (Å²) in [4.78, 5) is 12.9. The number of nitrogens with zero attached hydrogens (tertiary/aromatic N) is 2. The number of guanidine groups is 1. The summed E-state index contributed by atoms with van der Waals surface area (Å²) < 4.78 is 6.10. The molecule has 160 valence electrons. The first-order valence-electron chi connectivity index (χ1n) is 11.0. The van der Waals surface area contributed by atoms with E-state index in [1.54, 1.807) is 0 Å². The Hall–Kier alpha value is -2.08. The van der Waals surface area contributed by atoms with E-state index >= 15 is 0 Å². The van der Waals surface area contributed by atoms with E-state index in [9.17, 15) is 0 Å². The maximum Gasteiger partial charge on any atom is 0.191 e. The Morgan fingerprint density at radius 3 is 2.86 bits per heavy atom. The number of rotatable bonds is 7. The summed E-state index contributed by atoms with van der Waals surface area (Å²) in [7, 11) is 0. The molecule has 0 aliphatic carbocycles. The summed E-state index contributed by atoms with van der Waals surface area (Å²) in [6, 6.07) is 8.17. The van der Waals surface area contributed by atoms with Crippen molar-refractivity contribution in [1.82, 2.24) is 20.6 Å². The standard InChI is InChI=1S/C23H37N5O/c1-5-24-22(26-16-17-10-9-15-29-21(17)23(2,3)4)25-14-8-13-20-27-18-11-6-7-12-19(18)28-20/h6-7,11-12,17,21H,5,8-10,13-16H2,1-4H3,(H,27,28)(H2,24,25,26). The van der Waals surface area contributed by atoms with Crippen molar-refractivity contribution in [2.75, 3.05) is 26.2 Å². The van der Waals surface area contributed by atoms with Crippen molar-refractivity contribution in [1.29, 1.82) is 0 Å². The van der Waals surface area contributed by atoms with Crippen molar-refractivity contribution in [3.05, 3.63) is 30.1 Å². The van der Waals surface area contributed by atoms with Gasteiger partial charge in [0.2, 0.25) is 0 Å². The minimum absolute atomic E-state index is 0.152. The van der Waals surface area contributed by atoms with E-state index in [0.29, 0.717) is 5.92 Å². The smallest absolute Gasteiger partial charge is 0.191 e. The molecule has 0 amide bonds. The number of H-pyrrole nitrogens is 1. The first kappa shape index (κ1) is 21.6. The number of aromatic amines is 1. The summed E-state index contributed by atoms with van der Waals surface area (Å²) >= 11 is 0. The lowest BCUT2D eigenvalue weighted by Crippen LogP contribution is -2.43. The molecule has 1 aromatic heterocycles. The molecule has 0 radical (unpaired) electrons. The lowest BCUT2D eigenvalue weighted by molar-refractivity contribution is -0.0823. The fourth-order valence-electron chi connectivity index (χ4n) is 4.12. The summed E-state index contributed by atoms with van der Waals surface area (Å²) in [6.07, 6.45) is 4.52. The van der Waals surface area contributed by atoms with Gasteiger partial charge in [-0.1, -0.05) is 32.9 Å². The highest BCUT2D eigenvalue weighted by molar-refractivity contribution is 5.79. The van der Waals surface area contributed by atoms with E-state index in [1.807, 2.05) is 18.2 Å². The molecule has 0 saturated carbocycles. The molecular weight excluding hydrogens is 362 g/mol. The Bertz CT molecular complexity index is 759. The zero-order valence-corrected chi connectivity index (χ0v) is 18.4. The summed E-state index contributed by atoms with van der Waals surface area (Å²) in [6.45, 7) is 12.3. The second kappa shape index (κ2) is 10.1. The van der Waals surface area contributed by atoms with Crippen molar-refractivity contribution in [2.24, 2.45) is 16.3 Å². The van der Waals surface area contributed by atoms with E-state index in [-0.39, 0.29) is 11.5 Å². The van der Waals surface area contributed by atoms with Gasteiger partial charge in [0.25, 0.3) is 0 Å². The maximum atomic E-state index is 6.10. The van der Waals surface area contributed by atoms with Crippen LogP contribution in [0, 0.1) is 11.3 Å². The third kappa shape index (κ3) is 6.20. The number of benzene rings is 1. The number of aliphatic imine (C=N–C) groups is 1. The molecule has 1 saturated heterocycles. The fraction of sp³-hybridized carbons (Fsp3) is 0.652. The summed E-state index contributed by atoms with van der Waals surface area (Å²) in [5.74, 6) is 2.42. The van der Waals surface area contributed by atoms with Gasteiger partial charge in [0.1, 0.15) is 5.82 Å². The molecule has 3 N–H and O–H groups in total. The highest BCUT2D eigenvalue weighted by atomic mass is 16.5. The summed E-state index contributed by atoms with van der Waals surface area (Å²) in [5, 5.41) is 6.84. The van der Waals surface area contributed by atoms with Crippen LogP contribution in [0.25, 0.3) is 11.0 Å². The number of nitrogens with one attached hydrogen (secondary N) is 3. The zero-order valence-electron chi connectivity index (χ0n) is 18.4. The number of aryl methyl sites for hydroxylation is 1. The predicted octanol–water partition coefficient (Wildman–Crippen LogP) is 3.89. The van der Waals surface area contributed by atoms with Gasteiger partial charge in [-0.2, -0.15) is 0 Å². The monoisotopic (exact) mass is 399 g/mol. The van der Waals surface area contributed by atoms with E-state index in [2.05, 4.69) is 54.4 Å². The molecule has 2 unspecified atom stereocenters. The Kier molecular flexibility index (Phi) is 7.53. The third-order valence-electron chi connectivity index (χ3n) is 5.45. The molecule has 2 atom stereocenters. The minimum atomic E-state index is 0.152. The molecule has 1 aromatic carbocycles. The van der Waals surface area contributed by atoms with Gasteiger partial charge in [0, 0.05) is 38.6 Å². The predicted molar refractivity (Wildman–Crippen MR) is 120 cm³/mol. The van der Waals surface area contributed by atoms with Crippen LogP contribution in [-0.2, 0) is 11.2 Å². The van der Waals surface area contributed by atoms with E-state index in [1.165, 1.54) is 6.42 Å².